The zero-order valence-electron chi connectivity index (χ0n) is 15.1. The third-order valence-electron chi connectivity index (χ3n) is 3.78. The van der Waals surface area contributed by atoms with Crippen LogP contribution in [0.4, 0.5) is 8.78 Å². The molecule has 7 heteroatoms. The van der Waals surface area contributed by atoms with Crippen LogP contribution in [0.5, 0.6) is 11.5 Å². The Bertz CT molecular complexity index is 751. The molecule has 0 saturated heterocycles. The maximum absolute atomic E-state index is 12.5. The summed E-state index contributed by atoms with van der Waals surface area (Å²) in [5, 5.41) is 6.29. The van der Waals surface area contributed by atoms with Crippen molar-refractivity contribution < 1.29 is 18.3 Å². The molecule has 2 rings (SSSR count). The number of aryl methyl sites for hydroxylation is 1. The van der Waals surface area contributed by atoms with Gasteiger partial charge in [0.15, 0.2) is 5.96 Å². The van der Waals surface area contributed by atoms with E-state index < -0.39 is 6.61 Å². The number of para-hydroxylation sites is 1. The first kappa shape index (κ1) is 19.5. The summed E-state index contributed by atoms with van der Waals surface area (Å²) in [6, 6.07) is 12.6. The molecular formula is C19H23F2N3O2. The van der Waals surface area contributed by atoms with E-state index in [0.29, 0.717) is 24.6 Å². The second-order valence-electron chi connectivity index (χ2n) is 5.57. The number of alkyl halides is 2. The van der Waals surface area contributed by atoms with E-state index in [-0.39, 0.29) is 5.75 Å². The van der Waals surface area contributed by atoms with Crippen LogP contribution in [0.25, 0.3) is 0 Å². The van der Waals surface area contributed by atoms with Gasteiger partial charge in [-0.2, -0.15) is 8.78 Å². The molecule has 0 amide bonds. The fourth-order valence-electron chi connectivity index (χ4n) is 2.50. The predicted molar refractivity (Wildman–Crippen MR) is 97.8 cm³/mol. The monoisotopic (exact) mass is 363 g/mol. The summed E-state index contributed by atoms with van der Waals surface area (Å²) in [5.74, 6) is 1.55. The highest BCUT2D eigenvalue weighted by Crippen LogP contribution is 2.20. The number of nitrogens with zero attached hydrogens (tertiary/aromatic N) is 1. The van der Waals surface area contributed by atoms with Crippen LogP contribution in [0.1, 0.15) is 16.7 Å². The van der Waals surface area contributed by atoms with Gasteiger partial charge in [-0.05, 0) is 30.2 Å². The quantitative estimate of drug-likeness (QED) is 0.584. The average Bonchev–Trinajstić information content (AvgIpc) is 2.62. The molecule has 140 valence electrons. The number of halogens is 2. The van der Waals surface area contributed by atoms with Gasteiger partial charge in [0.2, 0.25) is 0 Å². The number of hydrogen-bond donors (Lipinski definition) is 2. The molecule has 0 aliphatic rings. The first-order chi connectivity index (χ1) is 12.5. The molecule has 0 aromatic heterocycles. The molecule has 26 heavy (non-hydrogen) atoms. The molecule has 0 unspecified atom stereocenters. The standard InChI is InChI=1S/C19H23F2N3O2/c1-13-10-14(8-9-16(13)25-3)11-23-19(22-2)24-12-15-6-4-5-7-17(15)26-18(20)21/h4-10,18H,11-12H2,1-3H3,(H2,22,23,24). The van der Waals surface area contributed by atoms with Gasteiger partial charge < -0.3 is 20.1 Å². The van der Waals surface area contributed by atoms with Crippen molar-refractivity contribution in [1.82, 2.24) is 10.6 Å². The largest absolute Gasteiger partial charge is 0.496 e. The number of aliphatic imine (C=N–C) groups is 1. The van der Waals surface area contributed by atoms with Crippen molar-refractivity contribution in [3.63, 3.8) is 0 Å². The molecule has 0 radical (unpaired) electrons. The summed E-state index contributed by atoms with van der Waals surface area (Å²) in [5.41, 5.74) is 2.75. The minimum Gasteiger partial charge on any atom is -0.496 e. The van der Waals surface area contributed by atoms with Crippen LogP contribution in [0.2, 0.25) is 0 Å². The first-order valence-electron chi connectivity index (χ1n) is 8.14. The fraction of sp³-hybridized carbons (Fsp3) is 0.316. The Morgan fingerprint density at radius 2 is 1.81 bits per heavy atom. The van der Waals surface area contributed by atoms with Gasteiger partial charge in [-0.15, -0.1) is 0 Å². The highest BCUT2D eigenvalue weighted by atomic mass is 19.3. The van der Waals surface area contributed by atoms with Crippen molar-refractivity contribution in [1.29, 1.82) is 0 Å². The molecule has 0 bridgehead atoms. The summed E-state index contributed by atoms with van der Waals surface area (Å²) in [4.78, 5) is 4.15. The van der Waals surface area contributed by atoms with Crippen molar-refractivity contribution >= 4 is 5.96 Å². The molecular weight excluding hydrogens is 340 g/mol. The zero-order valence-corrected chi connectivity index (χ0v) is 15.1. The highest BCUT2D eigenvalue weighted by molar-refractivity contribution is 5.79. The normalized spacial score (nSPS) is 11.4. The highest BCUT2D eigenvalue weighted by Gasteiger charge is 2.09. The Kier molecular flexibility index (Phi) is 7.20. The Hall–Kier alpha value is -2.83. The minimum atomic E-state index is -2.85. The Morgan fingerprint density at radius 3 is 2.46 bits per heavy atom. The third-order valence-corrected chi connectivity index (χ3v) is 3.78. The molecule has 5 nitrogen and oxygen atoms in total. The van der Waals surface area contributed by atoms with Crippen molar-refractivity contribution in [3.05, 3.63) is 59.2 Å². The van der Waals surface area contributed by atoms with Crippen LogP contribution < -0.4 is 20.1 Å². The number of ether oxygens (including phenoxy) is 2. The molecule has 0 saturated carbocycles. The third kappa shape index (κ3) is 5.61. The Balaban J connectivity index is 1.93. The maximum atomic E-state index is 12.5. The maximum Gasteiger partial charge on any atom is 0.387 e. The summed E-state index contributed by atoms with van der Waals surface area (Å²) >= 11 is 0. The molecule has 2 aromatic rings. The summed E-state index contributed by atoms with van der Waals surface area (Å²) in [7, 11) is 3.29. The van der Waals surface area contributed by atoms with E-state index in [9.17, 15) is 8.78 Å². The van der Waals surface area contributed by atoms with Gasteiger partial charge in [0.25, 0.3) is 0 Å². The van der Waals surface area contributed by atoms with Crippen molar-refractivity contribution in [2.24, 2.45) is 4.99 Å². The minimum absolute atomic E-state index is 0.149. The van der Waals surface area contributed by atoms with Gasteiger partial charge in [-0.1, -0.05) is 30.3 Å². The van der Waals surface area contributed by atoms with Crippen LogP contribution in [-0.4, -0.2) is 26.7 Å². The zero-order chi connectivity index (χ0) is 18.9. The molecule has 0 heterocycles. The summed E-state index contributed by atoms with van der Waals surface area (Å²) < 4.78 is 34.7. The lowest BCUT2D eigenvalue weighted by molar-refractivity contribution is -0.0504. The van der Waals surface area contributed by atoms with Gasteiger partial charge in [0.05, 0.1) is 7.11 Å². The molecule has 2 N–H and O–H groups in total. The Morgan fingerprint density at radius 1 is 1.08 bits per heavy atom. The molecule has 0 aliphatic carbocycles. The van der Waals surface area contributed by atoms with E-state index in [1.165, 1.54) is 6.07 Å². The second kappa shape index (κ2) is 9.60. The molecule has 2 aromatic carbocycles. The lowest BCUT2D eigenvalue weighted by atomic mass is 10.1. The van der Waals surface area contributed by atoms with Gasteiger partial charge in [0.1, 0.15) is 11.5 Å². The number of hydrogen-bond acceptors (Lipinski definition) is 3. The molecule has 0 fully saturated rings. The summed E-state index contributed by atoms with van der Waals surface area (Å²) in [6.45, 7) is 0.00564. The average molecular weight is 363 g/mol. The summed E-state index contributed by atoms with van der Waals surface area (Å²) in [6.07, 6.45) is 0. The first-order valence-corrected chi connectivity index (χ1v) is 8.14. The van der Waals surface area contributed by atoms with Crippen LogP contribution in [0, 0.1) is 6.92 Å². The van der Waals surface area contributed by atoms with Gasteiger partial charge >= 0.3 is 6.61 Å². The fourth-order valence-corrected chi connectivity index (χ4v) is 2.50. The van der Waals surface area contributed by atoms with E-state index in [4.69, 9.17) is 4.74 Å². The van der Waals surface area contributed by atoms with Crippen molar-refractivity contribution in [2.45, 2.75) is 26.6 Å². The van der Waals surface area contributed by atoms with Crippen LogP contribution in [0.15, 0.2) is 47.5 Å². The van der Waals surface area contributed by atoms with Crippen molar-refractivity contribution in [2.75, 3.05) is 14.2 Å². The van der Waals surface area contributed by atoms with E-state index in [1.54, 1.807) is 32.4 Å². The van der Waals surface area contributed by atoms with E-state index >= 15 is 0 Å². The van der Waals surface area contributed by atoms with Crippen LogP contribution in [0.3, 0.4) is 0 Å². The SMILES string of the molecule is CN=C(NCc1ccc(OC)c(C)c1)NCc1ccccc1OC(F)F. The number of guanidine groups is 1. The van der Waals surface area contributed by atoms with Crippen LogP contribution in [-0.2, 0) is 13.1 Å². The lowest BCUT2D eigenvalue weighted by Crippen LogP contribution is -2.36. The number of methoxy groups -OCH3 is 1. The molecule has 0 aliphatic heterocycles. The molecule has 0 spiro atoms. The lowest BCUT2D eigenvalue weighted by Gasteiger charge is -2.15. The number of benzene rings is 2. The number of rotatable bonds is 7. The van der Waals surface area contributed by atoms with E-state index in [0.717, 1.165) is 16.9 Å². The predicted octanol–water partition coefficient (Wildman–Crippen LogP) is 3.47. The van der Waals surface area contributed by atoms with E-state index in [1.807, 2.05) is 25.1 Å². The number of nitrogens with one attached hydrogen (secondary N) is 2. The Labute approximate surface area is 152 Å². The topological polar surface area (TPSA) is 54.9 Å². The molecule has 0 atom stereocenters. The second-order valence-corrected chi connectivity index (χ2v) is 5.57. The van der Waals surface area contributed by atoms with E-state index in [2.05, 4.69) is 20.4 Å². The van der Waals surface area contributed by atoms with Gasteiger partial charge in [-0.25, -0.2) is 0 Å². The van der Waals surface area contributed by atoms with Crippen LogP contribution >= 0.6 is 0 Å². The van der Waals surface area contributed by atoms with Gasteiger partial charge in [0, 0.05) is 25.7 Å². The smallest absolute Gasteiger partial charge is 0.387 e. The van der Waals surface area contributed by atoms with Crippen molar-refractivity contribution in [3.8, 4) is 11.5 Å². The van der Waals surface area contributed by atoms with Gasteiger partial charge in [-0.3, -0.25) is 4.99 Å².